The first-order chi connectivity index (χ1) is 8.13. The van der Waals surface area contributed by atoms with E-state index in [4.69, 9.17) is 21.4 Å². The zero-order valence-corrected chi connectivity index (χ0v) is 10.6. The molecule has 0 aliphatic heterocycles. The minimum atomic E-state index is -0.805. The number of hydrogen-bond donors (Lipinski definition) is 1. The van der Waals surface area contributed by atoms with E-state index in [1.807, 2.05) is 6.92 Å². The van der Waals surface area contributed by atoms with Crippen LogP contribution in [0.25, 0.3) is 0 Å². The molecule has 1 aromatic rings. The van der Waals surface area contributed by atoms with Gasteiger partial charge in [0.1, 0.15) is 12.4 Å². The zero-order chi connectivity index (χ0) is 12.7. The van der Waals surface area contributed by atoms with Crippen LogP contribution < -0.4 is 4.74 Å². The lowest BCUT2D eigenvalue weighted by Crippen LogP contribution is -2.21. The van der Waals surface area contributed by atoms with Crippen LogP contribution in [-0.4, -0.2) is 17.7 Å². The Kier molecular flexibility index (Phi) is 5.84. The lowest BCUT2D eigenvalue weighted by molar-refractivity contribution is -0.143. The molecule has 1 N–H and O–H groups in total. The van der Waals surface area contributed by atoms with Crippen molar-refractivity contribution >= 4 is 17.6 Å². The van der Waals surface area contributed by atoms with Gasteiger partial charge in [-0.25, -0.2) is 0 Å². The fraction of sp³-hybridized carbons (Fsp3) is 0.462. The van der Waals surface area contributed by atoms with Gasteiger partial charge in [0, 0.05) is 5.02 Å². The predicted molar refractivity (Wildman–Crippen MR) is 67.6 cm³/mol. The second kappa shape index (κ2) is 7.17. The van der Waals surface area contributed by atoms with E-state index in [0.29, 0.717) is 17.2 Å². The normalized spacial score (nSPS) is 12.1. The van der Waals surface area contributed by atoms with Gasteiger partial charge in [-0.15, -0.1) is 0 Å². The Morgan fingerprint density at radius 1 is 1.53 bits per heavy atom. The van der Waals surface area contributed by atoms with Crippen molar-refractivity contribution in [2.75, 3.05) is 6.61 Å². The number of carboxylic acids is 1. The Labute approximate surface area is 106 Å². The molecule has 1 atom stereocenters. The Morgan fingerprint density at radius 2 is 2.29 bits per heavy atom. The van der Waals surface area contributed by atoms with E-state index in [2.05, 4.69) is 0 Å². The summed E-state index contributed by atoms with van der Waals surface area (Å²) in [5.74, 6) is -0.644. The quantitative estimate of drug-likeness (QED) is 0.811. The van der Waals surface area contributed by atoms with Crippen LogP contribution in [0.3, 0.4) is 0 Å². The molecular formula is C13H17ClO3. The SMILES string of the molecule is CCCC[C@@H](COc1cccc(Cl)c1)C(=O)O. The third-order valence-electron chi connectivity index (χ3n) is 2.50. The summed E-state index contributed by atoms with van der Waals surface area (Å²) in [4.78, 5) is 11.0. The van der Waals surface area contributed by atoms with Crippen LogP contribution in [0.2, 0.25) is 5.02 Å². The molecule has 0 radical (unpaired) electrons. The van der Waals surface area contributed by atoms with Crippen molar-refractivity contribution in [1.82, 2.24) is 0 Å². The molecule has 1 aromatic carbocycles. The van der Waals surface area contributed by atoms with Gasteiger partial charge >= 0.3 is 5.97 Å². The van der Waals surface area contributed by atoms with E-state index >= 15 is 0 Å². The summed E-state index contributed by atoms with van der Waals surface area (Å²) >= 11 is 5.81. The number of halogens is 1. The van der Waals surface area contributed by atoms with E-state index < -0.39 is 11.9 Å². The smallest absolute Gasteiger partial charge is 0.309 e. The standard InChI is InChI=1S/C13H17ClO3/c1-2-3-5-10(13(15)16)9-17-12-7-4-6-11(14)8-12/h4,6-8,10H,2-3,5,9H2,1H3,(H,15,16)/t10-/m0/s1. The van der Waals surface area contributed by atoms with Crippen LogP contribution >= 0.6 is 11.6 Å². The molecule has 0 aliphatic carbocycles. The van der Waals surface area contributed by atoms with E-state index in [1.165, 1.54) is 0 Å². The van der Waals surface area contributed by atoms with E-state index in [9.17, 15) is 4.79 Å². The summed E-state index contributed by atoms with van der Waals surface area (Å²) in [6.07, 6.45) is 2.53. The number of carbonyl (C=O) groups is 1. The molecule has 4 heteroatoms. The number of ether oxygens (including phenoxy) is 1. The number of benzene rings is 1. The molecule has 0 bridgehead atoms. The van der Waals surface area contributed by atoms with Crippen LogP contribution in [-0.2, 0) is 4.79 Å². The van der Waals surface area contributed by atoms with Gasteiger partial charge in [-0.2, -0.15) is 0 Å². The number of carboxylic acid groups (broad SMARTS) is 1. The van der Waals surface area contributed by atoms with Crippen molar-refractivity contribution in [2.24, 2.45) is 5.92 Å². The summed E-state index contributed by atoms with van der Waals surface area (Å²) in [5.41, 5.74) is 0. The first kappa shape index (κ1) is 13.8. The van der Waals surface area contributed by atoms with Crippen molar-refractivity contribution < 1.29 is 14.6 Å². The van der Waals surface area contributed by atoms with Crippen molar-refractivity contribution in [1.29, 1.82) is 0 Å². The monoisotopic (exact) mass is 256 g/mol. The van der Waals surface area contributed by atoms with Crippen LogP contribution in [0.15, 0.2) is 24.3 Å². The maximum atomic E-state index is 11.0. The Bertz CT molecular complexity index is 365. The Balaban J connectivity index is 2.48. The summed E-state index contributed by atoms with van der Waals surface area (Å²) in [6, 6.07) is 6.98. The fourth-order valence-electron chi connectivity index (χ4n) is 1.48. The van der Waals surface area contributed by atoms with Gasteiger partial charge in [0.2, 0.25) is 0 Å². The molecule has 0 spiro atoms. The first-order valence-electron chi connectivity index (χ1n) is 5.74. The highest BCUT2D eigenvalue weighted by atomic mass is 35.5. The number of aliphatic carboxylic acids is 1. The fourth-order valence-corrected chi connectivity index (χ4v) is 1.66. The maximum Gasteiger partial charge on any atom is 0.309 e. The molecule has 0 fully saturated rings. The highest BCUT2D eigenvalue weighted by Gasteiger charge is 2.17. The highest BCUT2D eigenvalue weighted by Crippen LogP contribution is 2.19. The number of unbranched alkanes of at least 4 members (excludes halogenated alkanes) is 1. The second-order valence-electron chi connectivity index (χ2n) is 3.95. The molecule has 0 aromatic heterocycles. The minimum absolute atomic E-state index is 0.190. The van der Waals surface area contributed by atoms with Gasteiger partial charge < -0.3 is 9.84 Å². The van der Waals surface area contributed by atoms with E-state index in [-0.39, 0.29) is 6.61 Å². The predicted octanol–water partition coefficient (Wildman–Crippen LogP) is 3.61. The van der Waals surface area contributed by atoms with Crippen LogP contribution in [0.5, 0.6) is 5.75 Å². The molecule has 17 heavy (non-hydrogen) atoms. The molecule has 0 saturated carbocycles. The summed E-state index contributed by atoms with van der Waals surface area (Å²) < 4.78 is 5.44. The van der Waals surface area contributed by atoms with Crippen molar-refractivity contribution in [2.45, 2.75) is 26.2 Å². The highest BCUT2D eigenvalue weighted by molar-refractivity contribution is 6.30. The van der Waals surface area contributed by atoms with Crippen LogP contribution in [0, 0.1) is 5.92 Å². The van der Waals surface area contributed by atoms with Crippen LogP contribution in [0.4, 0.5) is 0 Å². The lowest BCUT2D eigenvalue weighted by Gasteiger charge is -2.13. The van der Waals surface area contributed by atoms with E-state index in [0.717, 1.165) is 12.8 Å². The first-order valence-corrected chi connectivity index (χ1v) is 6.12. The molecule has 0 unspecified atom stereocenters. The Morgan fingerprint density at radius 3 is 2.88 bits per heavy atom. The van der Waals surface area contributed by atoms with Crippen molar-refractivity contribution in [3.63, 3.8) is 0 Å². The molecule has 3 nitrogen and oxygen atoms in total. The van der Waals surface area contributed by atoms with Gasteiger partial charge in [-0.05, 0) is 24.6 Å². The van der Waals surface area contributed by atoms with Gasteiger partial charge in [0.05, 0.1) is 5.92 Å². The summed E-state index contributed by atoms with van der Waals surface area (Å²) in [7, 11) is 0. The largest absolute Gasteiger partial charge is 0.493 e. The van der Waals surface area contributed by atoms with Gasteiger partial charge in [-0.1, -0.05) is 37.4 Å². The molecule has 94 valence electrons. The summed E-state index contributed by atoms with van der Waals surface area (Å²) in [6.45, 7) is 2.23. The van der Waals surface area contributed by atoms with Gasteiger partial charge in [0.15, 0.2) is 0 Å². The molecule has 0 saturated heterocycles. The maximum absolute atomic E-state index is 11.0. The topological polar surface area (TPSA) is 46.5 Å². The van der Waals surface area contributed by atoms with Gasteiger partial charge in [-0.3, -0.25) is 4.79 Å². The van der Waals surface area contributed by atoms with Crippen molar-refractivity contribution in [3.05, 3.63) is 29.3 Å². The summed E-state index contributed by atoms with van der Waals surface area (Å²) in [5, 5.41) is 9.61. The molecular weight excluding hydrogens is 240 g/mol. The Hall–Kier alpha value is -1.22. The van der Waals surface area contributed by atoms with Crippen molar-refractivity contribution in [3.8, 4) is 5.75 Å². The lowest BCUT2D eigenvalue weighted by atomic mass is 10.0. The van der Waals surface area contributed by atoms with E-state index in [1.54, 1.807) is 24.3 Å². The molecule has 0 heterocycles. The molecule has 0 amide bonds. The van der Waals surface area contributed by atoms with Gasteiger partial charge in [0.25, 0.3) is 0 Å². The number of rotatable bonds is 7. The zero-order valence-electron chi connectivity index (χ0n) is 9.86. The minimum Gasteiger partial charge on any atom is -0.493 e. The second-order valence-corrected chi connectivity index (χ2v) is 4.38. The number of hydrogen-bond acceptors (Lipinski definition) is 2. The third kappa shape index (κ3) is 5.09. The molecule has 1 rings (SSSR count). The average molecular weight is 257 g/mol. The third-order valence-corrected chi connectivity index (χ3v) is 2.74. The molecule has 0 aliphatic rings. The average Bonchev–Trinajstić information content (AvgIpc) is 2.28. The van der Waals surface area contributed by atoms with Crippen LogP contribution in [0.1, 0.15) is 26.2 Å².